The summed E-state index contributed by atoms with van der Waals surface area (Å²) >= 11 is 0. The van der Waals surface area contributed by atoms with Crippen molar-refractivity contribution in [3.63, 3.8) is 0 Å². The first-order chi connectivity index (χ1) is 20.8. The van der Waals surface area contributed by atoms with E-state index in [0.717, 1.165) is 51.4 Å². The number of fused-ring (bicyclic) bond motifs is 5. The molecular weight excluding hydrogens is 562 g/mol. The van der Waals surface area contributed by atoms with Crippen molar-refractivity contribution in [2.24, 2.45) is 52.3 Å². The molecule has 0 aromatic carbocycles. The predicted octanol–water partition coefficient (Wildman–Crippen LogP) is 3.32. The lowest BCUT2D eigenvalue weighted by Gasteiger charge is -2.62. The molecule has 44 heavy (non-hydrogen) atoms. The molecule has 15 atom stereocenters. The Balaban J connectivity index is 1.12. The van der Waals surface area contributed by atoms with E-state index in [0.29, 0.717) is 48.3 Å². The Morgan fingerprint density at radius 3 is 2.30 bits per heavy atom. The number of carbonyl (C=O) groups is 2. The van der Waals surface area contributed by atoms with E-state index in [1.54, 1.807) is 0 Å². The van der Waals surface area contributed by atoms with Crippen LogP contribution in [-0.4, -0.2) is 80.6 Å². The van der Waals surface area contributed by atoms with E-state index in [4.69, 9.17) is 4.74 Å². The average molecular weight is 622 g/mol. The highest BCUT2D eigenvalue weighted by molar-refractivity contribution is 5.76. The lowest BCUT2D eigenvalue weighted by Crippen LogP contribution is -2.61. The van der Waals surface area contributed by atoms with E-state index in [9.17, 15) is 35.1 Å². The number of hydrogen-bond acceptors (Lipinski definition) is 8. The monoisotopic (exact) mass is 621 g/mol. The molecule has 9 nitrogen and oxygen atoms in total. The molecule has 5 aliphatic rings. The largest absolute Gasteiger partial charge is 0.465 e. The third kappa shape index (κ3) is 6.34. The van der Waals surface area contributed by atoms with Crippen LogP contribution in [0.15, 0.2) is 0 Å². The molecule has 5 rings (SSSR count). The molecule has 0 saturated heterocycles. The number of aliphatic hydroxyl groups is 5. The Morgan fingerprint density at radius 2 is 1.57 bits per heavy atom. The molecule has 7 unspecified atom stereocenters. The van der Waals surface area contributed by atoms with E-state index in [-0.39, 0.29) is 60.8 Å². The summed E-state index contributed by atoms with van der Waals surface area (Å²) in [6.07, 6.45) is 6.02. The first-order valence-corrected chi connectivity index (χ1v) is 17.6. The van der Waals surface area contributed by atoms with E-state index in [2.05, 4.69) is 26.1 Å². The van der Waals surface area contributed by atoms with Gasteiger partial charge in [-0.15, -0.1) is 0 Å². The highest BCUT2D eigenvalue weighted by atomic mass is 16.5. The Bertz CT molecular complexity index is 1020. The minimum absolute atomic E-state index is 0.0842. The number of nitrogens with one attached hydrogen (secondary N) is 1. The molecule has 0 radical (unpaired) electrons. The van der Waals surface area contributed by atoms with Crippen LogP contribution >= 0.6 is 0 Å². The third-order valence-corrected chi connectivity index (χ3v) is 13.6. The molecule has 0 bridgehead atoms. The molecule has 0 heterocycles. The highest BCUT2D eigenvalue weighted by Gasteiger charge is 2.62. The normalized spacial score (nSPS) is 47.6. The fraction of sp³-hybridized carbons (Fsp3) is 0.943. The second kappa shape index (κ2) is 13.5. The Kier molecular flexibility index (Phi) is 10.4. The van der Waals surface area contributed by atoms with Gasteiger partial charge in [0.1, 0.15) is 6.10 Å². The minimum atomic E-state index is -1.34. The van der Waals surface area contributed by atoms with Gasteiger partial charge in [-0.05, 0) is 117 Å². The predicted molar refractivity (Wildman–Crippen MR) is 165 cm³/mol. The SMILES string of the molecule is CCCC(=O)N[C@H]1C(O)C[C@H](COC(=O)CCC(C)C2CCC3C4C(CC[C@]23C)[C@@]2(C)CC[C@H](O)CC2C[C@@H]4O)[C@@H](O)[C@@H]1O. The van der Waals surface area contributed by atoms with Gasteiger partial charge in [-0.2, -0.15) is 0 Å². The first-order valence-electron chi connectivity index (χ1n) is 17.6. The minimum Gasteiger partial charge on any atom is -0.465 e. The van der Waals surface area contributed by atoms with E-state index >= 15 is 0 Å². The maximum Gasteiger partial charge on any atom is 0.305 e. The maximum atomic E-state index is 12.8. The topological polar surface area (TPSA) is 157 Å². The van der Waals surface area contributed by atoms with Crippen molar-refractivity contribution in [2.75, 3.05) is 6.61 Å². The maximum absolute atomic E-state index is 12.8. The highest BCUT2D eigenvalue weighted by Crippen LogP contribution is 2.68. The van der Waals surface area contributed by atoms with Gasteiger partial charge in [-0.25, -0.2) is 0 Å². The van der Waals surface area contributed by atoms with Crippen LogP contribution in [0.25, 0.3) is 0 Å². The van der Waals surface area contributed by atoms with Gasteiger partial charge >= 0.3 is 5.97 Å². The van der Waals surface area contributed by atoms with Gasteiger partial charge < -0.3 is 35.6 Å². The van der Waals surface area contributed by atoms with Crippen LogP contribution in [-0.2, 0) is 14.3 Å². The van der Waals surface area contributed by atoms with Gasteiger partial charge in [-0.3, -0.25) is 9.59 Å². The summed E-state index contributed by atoms with van der Waals surface area (Å²) < 4.78 is 5.54. The van der Waals surface area contributed by atoms with Crippen LogP contribution in [0.2, 0.25) is 0 Å². The second-order valence-electron chi connectivity index (χ2n) is 16.0. The van der Waals surface area contributed by atoms with E-state index in [1.807, 2.05) is 6.92 Å². The standard InChI is InChI=1S/C35H59NO8/c1-5-6-28(40)36-31-27(39)15-20(32(42)33(31)43)18-44-29(41)10-7-19(2)23-8-9-24-30-25(12-14-35(23,24)4)34(3)13-11-22(37)16-21(34)17-26(30)38/h19-27,30-33,37-39,42-43H,5-18H2,1-4H3,(H,36,40)/t19?,20-,21?,22+,23?,24?,25?,26+,27?,30?,31+,32-,33-,34+,35-/m1/s1. The molecule has 5 fully saturated rings. The van der Waals surface area contributed by atoms with E-state index < -0.39 is 30.3 Å². The quantitative estimate of drug-likeness (QED) is 0.214. The molecule has 6 N–H and O–H groups in total. The first kappa shape index (κ1) is 34.1. The van der Waals surface area contributed by atoms with Gasteiger partial charge in [0.05, 0.1) is 37.1 Å². The molecular formula is C35H59NO8. The fourth-order valence-corrected chi connectivity index (χ4v) is 11.1. The zero-order chi connectivity index (χ0) is 32.0. The smallest absolute Gasteiger partial charge is 0.305 e. The van der Waals surface area contributed by atoms with Crippen molar-refractivity contribution in [1.29, 1.82) is 0 Å². The average Bonchev–Trinajstić information content (AvgIpc) is 3.33. The summed E-state index contributed by atoms with van der Waals surface area (Å²) in [6, 6.07) is -0.946. The van der Waals surface area contributed by atoms with Crippen LogP contribution in [0.3, 0.4) is 0 Å². The van der Waals surface area contributed by atoms with Gasteiger partial charge in [0.2, 0.25) is 5.91 Å². The van der Waals surface area contributed by atoms with Crippen LogP contribution in [0.4, 0.5) is 0 Å². The number of aliphatic hydroxyl groups excluding tert-OH is 5. The van der Waals surface area contributed by atoms with Gasteiger partial charge in [0.25, 0.3) is 0 Å². The summed E-state index contributed by atoms with van der Waals surface area (Å²) in [5.74, 6) is 1.32. The second-order valence-corrected chi connectivity index (χ2v) is 16.0. The van der Waals surface area contributed by atoms with Gasteiger partial charge in [0, 0.05) is 18.8 Å². The Hall–Kier alpha value is -1.26. The summed E-state index contributed by atoms with van der Waals surface area (Å²) in [4.78, 5) is 24.8. The molecule has 5 aliphatic carbocycles. The lowest BCUT2D eigenvalue weighted by molar-refractivity contribution is -0.174. The van der Waals surface area contributed by atoms with Crippen molar-refractivity contribution >= 4 is 11.9 Å². The lowest BCUT2D eigenvalue weighted by atomic mass is 9.43. The van der Waals surface area contributed by atoms with Crippen molar-refractivity contribution in [2.45, 2.75) is 148 Å². The Labute approximate surface area is 263 Å². The molecule has 0 aromatic heterocycles. The Morgan fingerprint density at radius 1 is 0.864 bits per heavy atom. The number of rotatable bonds is 9. The summed E-state index contributed by atoms with van der Waals surface area (Å²) in [5, 5.41) is 56.2. The summed E-state index contributed by atoms with van der Waals surface area (Å²) in [6.45, 7) is 8.90. The molecule has 9 heteroatoms. The number of hydrogen-bond donors (Lipinski definition) is 6. The zero-order valence-electron chi connectivity index (χ0n) is 27.4. The molecule has 0 aromatic rings. The number of ether oxygens (including phenoxy) is 1. The number of esters is 1. The summed E-state index contributed by atoms with van der Waals surface area (Å²) in [7, 11) is 0. The van der Waals surface area contributed by atoms with Crippen molar-refractivity contribution in [3.8, 4) is 0 Å². The van der Waals surface area contributed by atoms with Crippen LogP contribution in [0, 0.1) is 52.3 Å². The van der Waals surface area contributed by atoms with Crippen LogP contribution in [0.1, 0.15) is 111 Å². The molecule has 0 aliphatic heterocycles. The summed E-state index contributed by atoms with van der Waals surface area (Å²) in [5.41, 5.74) is 0.351. The molecule has 5 saturated carbocycles. The van der Waals surface area contributed by atoms with Gasteiger partial charge in [0.15, 0.2) is 0 Å². The van der Waals surface area contributed by atoms with Crippen molar-refractivity contribution in [3.05, 3.63) is 0 Å². The fourth-order valence-electron chi connectivity index (χ4n) is 11.1. The molecule has 252 valence electrons. The van der Waals surface area contributed by atoms with Gasteiger partial charge in [-0.1, -0.05) is 27.7 Å². The number of carbonyl (C=O) groups excluding carboxylic acids is 2. The van der Waals surface area contributed by atoms with Crippen LogP contribution < -0.4 is 5.32 Å². The zero-order valence-corrected chi connectivity index (χ0v) is 27.4. The van der Waals surface area contributed by atoms with E-state index in [1.165, 1.54) is 0 Å². The third-order valence-electron chi connectivity index (χ3n) is 13.6. The van der Waals surface area contributed by atoms with Crippen molar-refractivity contribution < 1.29 is 39.9 Å². The molecule has 0 spiro atoms. The number of amides is 1. The van der Waals surface area contributed by atoms with Crippen molar-refractivity contribution in [1.82, 2.24) is 5.32 Å². The molecule has 1 amide bonds. The van der Waals surface area contributed by atoms with Crippen LogP contribution in [0.5, 0.6) is 0 Å².